The van der Waals surface area contributed by atoms with Crippen LogP contribution in [0.25, 0.3) is 0 Å². The van der Waals surface area contributed by atoms with Crippen molar-refractivity contribution in [2.75, 3.05) is 21.7 Å². The summed E-state index contributed by atoms with van der Waals surface area (Å²) in [7, 11) is 0. The molecule has 0 atom stereocenters. The topological polar surface area (TPSA) is 3.24 Å². The Bertz CT molecular complexity index is 284. The first-order valence-corrected chi connectivity index (χ1v) is 6.82. The van der Waals surface area contributed by atoms with E-state index in [0.29, 0.717) is 0 Å². The van der Waals surface area contributed by atoms with Gasteiger partial charge in [-0.25, -0.2) is 0 Å². The lowest BCUT2D eigenvalue weighted by molar-refractivity contribution is 1.04. The second kappa shape index (κ2) is 4.53. The minimum atomic E-state index is 1.07. The number of hydrogen-bond acceptors (Lipinski definition) is 4. The molecule has 70 valence electrons. The summed E-state index contributed by atoms with van der Waals surface area (Å²) in [4.78, 5) is 3.44. The van der Waals surface area contributed by atoms with Crippen LogP contribution in [0.15, 0.2) is 29.2 Å². The Balaban J connectivity index is 2.18. The second-order valence-corrected chi connectivity index (χ2v) is 5.57. The number of rotatable bonds is 1. The van der Waals surface area contributed by atoms with Crippen molar-refractivity contribution in [3.8, 4) is 0 Å². The van der Waals surface area contributed by atoms with Crippen molar-refractivity contribution >= 4 is 41.8 Å². The average molecular weight is 229 g/mol. The maximum Gasteiger partial charge on any atom is 0.0656 e. The molecular weight excluding hydrogens is 218 g/mol. The fourth-order valence-electron chi connectivity index (χ4n) is 1.26. The SMILES string of the molecule is Sc1ccccc1N1CSCSC1. The minimum absolute atomic E-state index is 1.07. The number of thioether (sulfide) groups is 2. The van der Waals surface area contributed by atoms with Crippen LogP contribution in [0.3, 0.4) is 0 Å². The van der Waals surface area contributed by atoms with Crippen LogP contribution in [0.4, 0.5) is 5.69 Å². The summed E-state index contributed by atoms with van der Waals surface area (Å²) in [6.07, 6.45) is 0. The molecule has 1 aromatic carbocycles. The molecule has 0 aliphatic carbocycles. The van der Waals surface area contributed by atoms with Gasteiger partial charge in [0.15, 0.2) is 0 Å². The van der Waals surface area contributed by atoms with Crippen LogP contribution in [0.1, 0.15) is 0 Å². The zero-order valence-electron chi connectivity index (χ0n) is 7.14. The number of thiol groups is 1. The molecule has 0 spiro atoms. The lowest BCUT2D eigenvalue weighted by Gasteiger charge is -2.28. The summed E-state index contributed by atoms with van der Waals surface area (Å²) in [5.74, 6) is 2.18. The quantitative estimate of drug-likeness (QED) is 0.738. The summed E-state index contributed by atoms with van der Waals surface area (Å²) in [6, 6.07) is 8.27. The van der Waals surface area contributed by atoms with E-state index in [-0.39, 0.29) is 0 Å². The van der Waals surface area contributed by atoms with Crippen molar-refractivity contribution in [1.82, 2.24) is 0 Å². The molecule has 1 saturated heterocycles. The molecule has 1 aliphatic heterocycles. The van der Waals surface area contributed by atoms with Gasteiger partial charge >= 0.3 is 0 Å². The van der Waals surface area contributed by atoms with Crippen LogP contribution in [0.2, 0.25) is 0 Å². The van der Waals surface area contributed by atoms with Crippen molar-refractivity contribution in [1.29, 1.82) is 0 Å². The van der Waals surface area contributed by atoms with Crippen LogP contribution in [-0.2, 0) is 0 Å². The Morgan fingerprint density at radius 2 is 1.85 bits per heavy atom. The monoisotopic (exact) mass is 229 g/mol. The minimum Gasteiger partial charge on any atom is -0.352 e. The van der Waals surface area contributed by atoms with E-state index < -0.39 is 0 Å². The Morgan fingerprint density at radius 1 is 1.15 bits per heavy atom. The van der Waals surface area contributed by atoms with E-state index in [2.05, 4.69) is 29.7 Å². The van der Waals surface area contributed by atoms with Gasteiger partial charge in [-0.15, -0.1) is 36.2 Å². The highest BCUT2D eigenvalue weighted by Crippen LogP contribution is 2.30. The smallest absolute Gasteiger partial charge is 0.0656 e. The summed E-state index contributed by atoms with van der Waals surface area (Å²) in [5, 5.41) is 1.21. The van der Waals surface area contributed by atoms with Crippen molar-refractivity contribution in [3.63, 3.8) is 0 Å². The van der Waals surface area contributed by atoms with Gasteiger partial charge in [0, 0.05) is 9.98 Å². The van der Waals surface area contributed by atoms with Gasteiger partial charge in [0.05, 0.1) is 17.4 Å². The van der Waals surface area contributed by atoms with Gasteiger partial charge in [0.2, 0.25) is 0 Å². The van der Waals surface area contributed by atoms with E-state index in [4.69, 9.17) is 0 Å². The first-order chi connectivity index (χ1) is 6.38. The Morgan fingerprint density at radius 3 is 2.54 bits per heavy atom. The predicted octanol–water partition coefficient (Wildman–Crippen LogP) is 3.13. The summed E-state index contributed by atoms with van der Waals surface area (Å²) >= 11 is 8.37. The Labute approximate surface area is 92.7 Å². The summed E-state index contributed by atoms with van der Waals surface area (Å²) < 4.78 is 0. The van der Waals surface area contributed by atoms with E-state index >= 15 is 0 Å². The highest BCUT2D eigenvalue weighted by Gasteiger charge is 2.12. The third-order valence-corrected chi connectivity index (χ3v) is 4.58. The normalized spacial score (nSPS) is 17.5. The van der Waals surface area contributed by atoms with Crippen LogP contribution in [0, 0.1) is 0 Å². The van der Waals surface area contributed by atoms with Crippen LogP contribution < -0.4 is 4.90 Å². The molecule has 4 heteroatoms. The molecule has 1 fully saturated rings. The maximum atomic E-state index is 4.45. The number of para-hydroxylation sites is 1. The first kappa shape index (κ1) is 9.62. The first-order valence-electron chi connectivity index (χ1n) is 4.06. The fourth-order valence-corrected chi connectivity index (χ4v) is 3.65. The molecule has 1 nitrogen and oxygen atoms in total. The standard InChI is InChI=1S/C9H11NS3/c11-9-4-2-1-3-8(9)10-5-12-7-13-6-10/h1-4,11H,5-7H2. The molecule has 0 aromatic heterocycles. The number of nitrogens with zero attached hydrogens (tertiary/aromatic N) is 1. The lowest BCUT2D eigenvalue weighted by Crippen LogP contribution is -2.25. The fraction of sp³-hybridized carbons (Fsp3) is 0.333. The van der Waals surface area contributed by atoms with E-state index in [1.165, 1.54) is 10.8 Å². The Hall–Kier alpha value is 0.0700. The molecule has 1 aliphatic rings. The van der Waals surface area contributed by atoms with E-state index in [1.54, 1.807) is 0 Å². The highest BCUT2D eigenvalue weighted by molar-refractivity contribution is 8.16. The van der Waals surface area contributed by atoms with Gasteiger partial charge in [-0.1, -0.05) is 12.1 Å². The van der Waals surface area contributed by atoms with Gasteiger partial charge in [0.1, 0.15) is 0 Å². The molecule has 0 radical (unpaired) electrons. The third kappa shape index (κ3) is 2.30. The van der Waals surface area contributed by atoms with Gasteiger partial charge in [-0.05, 0) is 12.1 Å². The molecule has 0 amide bonds. The van der Waals surface area contributed by atoms with Gasteiger partial charge in [-0.2, -0.15) is 0 Å². The maximum absolute atomic E-state index is 4.45. The molecule has 1 heterocycles. The van der Waals surface area contributed by atoms with Crippen LogP contribution >= 0.6 is 36.2 Å². The molecule has 0 N–H and O–H groups in total. The largest absolute Gasteiger partial charge is 0.352 e. The van der Waals surface area contributed by atoms with Gasteiger partial charge in [0.25, 0.3) is 0 Å². The molecule has 0 bridgehead atoms. The molecule has 2 rings (SSSR count). The van der Waals surface area contributed by atoms with Crippen molar-refractivity contribution < 1.29 is 0 Å². The Kier molecular flexibility index (Phi) is 3.35. The van der Waals surface area contributed by atoms with Crippen LogP contribution in [0.5, 0.6) is 0 Å². The van der Waals surface area contributed by atoms with Crippen molar-refractivity contribution in [3.05, 3.63) is 24.3 Å². The highest BCUT2D eigenvalue weighted by atomic mass is 32.2. The molecular formula is C9H11NS3. The molecule has 0 unspecified atom stereocenters. The number of anilines is 1. The van der Waals surface area contributed by atoms with Gasteiger partial charge < -0.3 is 4.90 Å². The summed E-state index contributed by atoms with van der Waals surface area (Å²) in [6.45, 7) is 0. The van der Waals surface area contributed by atoms with Crippen molar-refractivity contribution in [2.45, 2.75) is 4.90 Å². The number of hydrogen-bond donors (Lipinski definition) is 1. The zero-order chi connectivity index (χ0) is 9.10. The van der Waals surface area contributed by atoms with E-state index in [0.717, 1.165) is 16.6 Å². The van der Waals surface area contributed by atoms with Gasteiger partial charge in [-0.3, -0.25) is 0 Å². The van der Waals surface area contributed by atoms with Crippen LogP contribution in [-0.4, -0.2) is 16.8 Å². The summed E-state index contributed by atoms with van der Waals surface area (Å²) in [5.41, 5.74) is 1.26. The average Bonchev–Trinajstić information content (AvgIpc) is 2.20. The van der Waals surface area contributed by atoms with E-state index in [1.807, 2.05) is 35.7 Å². The molecule has 1 aromatic rings. The second-order valence-electron chi connectivity index (χ2n) is 2.81. The number of benzene rings is 1. The molecule has 13 heavy (non-hydrogen) atoms. The third-order valence-electron chi connectivity index (χ3n) is 1.88. The van der Waals surface area contributed by atoms with Crippen molar-refractivity contribution in [2.24, 2.45) is 0 Å². The zero-order valence-corrected chi connectivity index (χ0v) is 9.67. The van der Waals surface area contributed by atoms with E-state index in [9.17, 15) is 0 Å². The molecule has 0 saturated carbocycles. The lowest BCUT2D eigenvalue weighted by atomic mass is 10.3. The predicted molar refractivity (Wildman–Crippen MR) is 66.0 cm³/mol.